The van der Waals surface area contributed by atoms with Crippen LogP contribution in [0.25, 0.3) is 6.08 Å². The standard InChI is InChI=1S/C22H25NO8S/c1-14(16-6-7-17-18(13-16)31-10-9-30-17)23-32(25,26)20-12-15(5-8-21(24)28-3)11-19(27-2)22(20)29-4/h5-8,11-14,23H,9-10H2,1-4H3/b8-5+. The van der Waals surface area contributed by atoms with Gasteiger partial charge in [-0.05, 0) is 48.4 Å². The van der Waals surface area contributed by atoms with Crippen molar-refractivity contribution >= 4 is 22.1 Å². The van der Waals surface area contributed by atoms with Gasteiger partial charge >= 0.3 is 5.97 Å². The molecule has 0 saturated carbocycles. The first kappa shape index (κ1) is 23.4. The fourth-order valence-corrected chi connectivity index (χ4v) is 4.62. The van der Waals surface area contributed by atoms with Crippen LogP contribution in [0.2, 0.25) is 0 Å². The van der Waals surface area contributed by atoms with Gasteiger partial charge in [0.2, 0.25) is 10.0 Å². The summed E-state index contributed by atoms with van der Waals surface area (Å²) in [6, 6.07) is 7.63. The quantitative estimate of drug-likeness (QED) is 0.470. The summed E-state index contributed by atoms with van der Waals surface area (Å²) in [5.74, 6) is 0.853. The van der Waals surface area contributed by atoms with Crippen LogP contribution in [-0.4, -0.2) is 48.9 Å². The van der Waals surface area contributed by atoms with E-state index < -0.39 is 22.0 Å². The normalized spacial score (nSPS) is 14.1. The van der Waals surface area contributed by atoms with Crippen molar-refractivity contribution in [2.45, 2.75) is 17.9 Å². The maximum atomic E-state index is 13.3. The molecule has 0 spiro atoms. The molecule has 0 amide bonds. The summed E-state index contributed by atoms with van der Waals surface area (Å²) < 4.78 is 55.5. The fourth-order valence-electron chi connectivity index (χ4n) is 3.17. The summed E-state index contributed by atoms with van der Waals surface area (Å²) in [7, 11) is -0.0493. The number of ether oxygens (including phenoxy) is 5. The number of hydrogen-bond donors (Lipinski definition) is 1. The largest absolute Gasteiger partial charge is 0.493 e. The lowest BCUT2D eigenvalue weighted by molar-refractivity contribution is -0.134. The van der Waals surface area contributed by atoms with Gasteiger partial charge in [-0.2, -0.15) is 0 Å². The Morgan fingerprint density at radius 3 is 2.44 bits per heavy atom. The average molecular weight is 464 g/mol. The summed E-state index contributed by atoms with van der Waals surface area (Å²) in [4.78, 5) is 11.3. The van der Waals surface area contributed by atoms with Gasteiger partial charge in [0, 0.05) is 12.1 Å². The van der Waals surface area contributed by atoms with Crippen molar-refractivity contribution in [2.75, 3.05) is 34.5 Å². The molecule has 0 bridgehead atoms. The van der Waals surface area contributed by atoms with Crippen LogP contribution in [0.3, 0.4) is 0 Å². The van der Waals surface area contributed by atoms with Crippen LogP contribution >= 0.6 is 0 Å². The summed E-state index contributed by atoms with van der Waals surface area (Å²) in [6.07, 6.45) is 2.61. The van der Waals surface area contributed by atoms with Crippen LogP contribution in [0.4, 0.5) is 0 Å². The van der Waals surface area contributed by atoms with E-state index in [4.69, 9.17) is 18.9 Å². The first-order chi connectivity index (χ1) is 15.3. The number of fused-ring (bicyclic) bond motifs is 1. The SMILES string of the molecule is COC(=O)/C=C/c1cc(OC)c(OC)c(S(=O)(=O)NC(C)c2ccc3c(c2)OCCO3)c1. The third-order valence-electron chi connectivity index (χ3n) is 4.77. The fraction of sp³-hybridized carbons (Fsp3) is 0.318. The molecule has 32 heavy (non-hydrogen) atoms. The molecule has 0 aromatic heterocycles. The highest BCUT2D eigenvalue weighted by atomic mass is 32.2. The molecular formula is C22H25NO8S. The first-order valence-electron chi connectivity index (χ1n) is 9.73. The van der Waals surface area contributed by atoms with Gasteiger partial charge in [-0.1, -0.05) is 6.07 Å². The number of benzene rings is 2. The number of carbonyl (C=O) groups excluding carboxylic acids is 1. The van der Waals surface area contributed by atoms with E-state index in [2.05, 4.69) is 9.46 Å². The zero-order chi connectivity index (χ0) is 23.3. The van der Waals surface area contributed by atoms with Gasteiger partial charge in [-0.15, -0.1) is 0 Å². The highest BCUT2D eigenvalue weighted by Gasteiger charge is 2.26. The van der Waals surface area contributed by atoms with E-state index in [-0.39, 0.29) is 16.4 Å². The smallest absolute Gasteiger partial charge is 0.330 e. The number of rotatable bonds is 8. The van der Waals surface area contributed by atoms with Crippen LogP contribution in [0.1, 0.15) is 24.1 Å². The minimum atomic E-state index is -4.05. The predicted octanol–water partition coefficient (Wildman–Crippen LogP) is 2.70. The van der Waals surface area contributed by atoms with Gasteiger partial charge in [0.05, 0.1) is 21.3 Å². The van der Waals surface area contributed by atoms with E-state index in [1.54, 1.807) is 31.2 Å². The van der Waals surface area contributed by atoms with Gasteiger partial charge in [0.1, 0.15) is 18.1 Å². The molecule has 0 fully saturated rings. The molecule has 172 valence electrons. The number of esters is 1. The zero-order valence-corrected chi connectivity index (χ0v) is 19.0. The van der Waals surface area contributed by atoms with Gasteiger partial charge in [0.25, 0.3) is 0 Å². The van der Waals surface area contributed by atoms with Gasteiger partial charge in [-0.25, -0.2) is 17.9 Å². The van der Waals surface area contributed by atoms with Crippen LogP contribution in [-0.2, 0) is 19.6 Å². The highest BCUT2D eigenvalue weighted by Crippen LogP contribution is 2.37. The zero-order valence-electron chi connectivity index (χ0n) is 18.2. The van der Waals surface area contributed by atoms with Crippen molar-refractivity contribution < 1.29 is 36.9 Å². The highest BCUT2D eigenvalue weighted by molar-refractivity contribution is 7.89. The predicted molar refractivity (Wildman–Crippen MR) is 117 cm³/mol. The summed E-state index contributed by atoms with van der Waals surface area (Å²) in [5.41, 5.74) is 1.12. The number of carbonyl (C=O) groups is 1. The molecular weight excluding hydrogens is 438 g/mol. The van der Waals surface area contributed by atoms with Crippen LogP contribution in [0.15, 0.2) is 41.3 Å². The molecule has 1 heterocycles. The molecule has 1 atom stereocenters. The topological polar surface area (TPSA) is 109 Å². The summed E-state index contributed by atoms with van der Waals surface area (Å²) in [5, 5.41) is 0. The van der Waals surface area contributed by atoms with E-state index in [0.717, 1.165) is 0 Å². The third kappa shape index (κ3) is 5.14. The Balaban J connectivity index is 1.95. The maximum Gasteiger partial charge on any atom is 0.330 e. The lowest BCUT2D eigenvalue weighted by atomic mass is 10.1. The van der Waals surface area contributed by atoms with Gasteiger partial charge < -0.3 is 23.7 Å². The minimum Gasteiger partial charge on any atom is -0.493 e. The van der Waals surface area contributed by atoms with Crippen molar-refractivity contribution in [3.63, 3.8) is 0 Å². The van der Waals surface area contributed by atoms with Crippen molar-refractivity contribution in [2.24, 2.45) is 0 Å². The lowest BCUT2D eigenvalue weighted by Crippen LogP contribution is -2.27. The lowest BCUT2D eigenvalue weighted by Gasteiger charge is -2.21. The molecule has 3 rings (SSSR count). The molecule has 2 aromatic carbocycles. The molecule has 0 radical (unpaired) electrons. The minimum absolute atomic E-state index is 0.0459. The Kier molecular flexibility index (Phi) is 7.26. The second-order valence-corrected chi connectivity index (χ2v) is 8.54. The summed E-state index contributed by atoms with van der Waals surface area (Å²) >= 11 is 0. The molecule has 1 N–H and O–H groups in total. The number of nitrogens with one attached hydrogen (secondary N) is 1. The Bertz CT molecular complexity index is 1130. The molecule has 9 nitrogen and oxygen atoms in total. The first-order valence-corrected chi connectivity index (χ1v) is 11.2. The molecule has 10 heteroatoms. The Morgan fingerprint density at radius 1 is 1.06 bits per heavy atom. The summed E-state index contributed by atoms with van der Waals surface area (Å²) in [6.45, 7) is 2.62. The van der Waals surface area contributed by atoms with E-state index in [0.29, 0.717) is 35.8 Å². The van der Waals surface area contributed by atoms with Gasteiger partial charge in [-0.3, -0.25) is 0 Å². The Labute approximate surface area is 186 Å². The molecule has 2 aromatic rings. The van der Waals surface area contributed by atoms with Crippen LogP contribution in [0.5, 0.6) is 23.0 Å². The van der Waals surface area contributed by atoms with Crippen molar-refractivity contribution in [3.05, 3.63) is 47.5 Å². The third-order valence-corrected chi connectivity index (χ3v) is 6.31. The van der Waals surface area contributed by atoms with Crippen molar-refractivity contribution in [1.29, 1.82) is 0 Å². The molecule has 0 aliphatic carbocycles. The second-order valence-electron chi connectivity index (χ2n) is 6.86. The van der Waals surface area contributed by atoms with Crippen molar-refractivity contribution in [3.8, 4) is 23.0 Å². The molecule has 1 aliphatic rings. The van der Waals surface area contributed by atoms with E-state index >= 15 is 0 Å². The Hall–Kier alpha value is -3.24. The molecule has 1 aliphatic heterocycles. The maximum absolute atomic E-state index is 13.3. The van der Waals surface area contributed by atoms with E-state index in [9.17, 15) is 13.2 Å². The second kappa shape index (κ2) is 9.92. The number of methoxy groups -OCH3 is 3. The number of sulfonamides is 1. The molecule has 0 saturated heterocycles. The van der Waals surface area contributed by atoms with Crippen LogP contribution < -0.4 is 23.7 Å². The average Bonchev–Trinajstić information content (AvgIpc) is 2.80. The van der Waals surface area contributed by atoms with E-state index in [1.807, 2.05) is 0 Å². The van der Waals surface area contributed by atoms with Crippen LogP contribution in [0, 0.1) is 0 Å². The monoisotopic (exact) mass is 463 g/mol. The van der Waals surface area contributed by atoms with Crippen molar-refractivity contribution in [1.82, 2.24) is 4.72 Å². The van der Waals surface area contributed by atoms with E-state index in [1.165, 1.54) is 39.5 Å². The Morgan fingerprint density at radius 2 is 1.78 bits per heavy atom. The molecule has 1 unspecified atom stereocenters. The van der Waals surface area contributed by atoms with Gasteiger partial charge in [0.15, 0.2) is 23.0 Å². The number of hydrogen-bond acceptors (Lipinski definition) is 8.